The first-order chi connectivity index (χ1) is 9.53. The van der Waals surface area contributed by atoms with Crippen LogP contribution in [-0.4, -0.2) is 13.2 Å². The van der Waals surface area contributed by atoms with Crippen LogP contribution in [0, 0.1) is 5.41 Å². The smallest absolute Gasteiger partial charge is 0.123 e. The zero-order valence-electron chi connectivity index (χ0n) is 13.7. The number of ether oxygens (including phenoxy) is 1. The van der Waals surface area contributed by atoms with E-state index < -0.39 is 0 Å². The van der Waals surface area contributed by atoms with E-state index in [2.05, 4.69) is 57.3 Å². The molecule has 1 rings (SSSR count). The molecule has 0 aromatic heterocycles. The number of para-hydroxylation sites is 1. The molecule has 0 atom stereocenters. The van der Waals surface area contributed by atoms with Crippen molar-refractivity contribution in [3.63, 3.8) is 0 Å². The molecule has 0 aliphatic carbocycles. The van der Waals surface area contributed by atoms with Crippen LogP contribution < -0.4 is 10.1 Å². The van der Waals surface area contributed by atoms with Crippen LogP contribution >= 0.6 is 0 Å². The lowest BCUT2D eigenvalue weighted by Crippen LogP contribution is -2.26. The largest absolute Gasteiger partial charge is 0.493 e. The first-order valence-corrected chi connectivity index (χ1v) is 7.94. The SMILES string of the molecule is CCCCCCOc1ccccc1CNCC(C)(C)C. The van der Waals surface area contributed by atoms with Crippen molar-refractivity contribution < 1.29 is 4.74 Å². The van der Waals surface area contributed by atoms with Crippen molar-refractivity contribution in [3.05, 3.63) is 29.8 Å². The van der Waals surface area contributed by atoms with Crippen LogP contribution in [-0.2, 0) is 6.54 Å². The van der Waals surface area contributed by atoms with Gasteiger partial charge in [-0.05, 0) is 17.9 Å². The van der Waals surface area contributed by atoms with E-state index in [-0.39, 0.29) is 0 Å². The summed E-state index contributed by atoms with van der Waals surface area (Å²) in [6.45, 7) is 11.7. The predicted octanol–water partition coefficient (Wildman–Crippen LogP) is 4.78. The minimum atomic E-state index is 0.315. The summed E-state index contributed by atoms with van der Waals surface area (Å²) in [6, 6.07) is 8.36. The van der Waals surface area contributed by atoms with E-state index in [1.807, 2.05) is 0 Å². The molecule has 2 nitrogen and oxygen atoms in total. The van der Waals surface area contributed by atoms with Crippen LogP contribution in [0.2, 0.25) is 0 Å². The molecule has 0 unspecified atom stereocenters. The van der Waals surface area contributed by atoms with Gasteiger partial charge in [-0.15, -0.1) is 0 Å². The summed E-state index contributed by atoms with van der Waals surface area (Å²) < 4.78 is 5.93. The fourth-order valence-electron chi connectivity index (χ4n) is 2.07. The molecular weight excluding hydrogens is 246 g/mol. The van der Waals surface area contributed by atoms with Crippen molar-refractivity contribution in [1.29, 1.82) is 0 Å². The van der Waals surface area contributed by atoms with Crippen molar-refractivity contribution in [2.24, 2.45) is 5.41 Å². The Balaban J connectivity index is 2.38. The summed E-state index contributed by atoms with van der Waals surface area (Å²) in [5.41, 5.74) is 1.57. The highest BCUT2D eigenvalue weighted by Gasteiger charge is 2.10. The van der Waals surface area contributed by atoms with Crippen LogP contribution in [0.3, 0.4) is 0 Å². The van der Waals surface area contributed by atoms with Gasteiger partial charge in [0.1, 0.15) is 5.75 Å². The van der Waals surface area contributed by atoms with Gasteiger partial charge in [0.15, 0.2) is 0 Å². The highest BCUT2D eigenvalue weighted by atomic mass is 16.5. The van der Waals surface area contributed by atoms with E-state index in [1.165, 1.54) is 24.8 Å². The Kier molecular flexibility index (Phi) is 7.68. The standard InChI is InChI=1S/C18H31NO/c1-5-6-7-10-13-20-17-12-9-8-11-16(17)14-19-15-18(2,3)4/h8-9,11-12,19H,5-7,10,13-15H2,1-4H3. The van der Waals surface area contributed by atoms with E-state index in [0.29, 0.717) is 5.41 Å². The highest BCUT2D eigenvalue weighted by Crippen LogP contribution is 2.19. The second kappa shape index (κ2) is 9.02. The Morgan fingerprint density at radius 3 is 2.50 bits per heavy atom. The molecule has 0 fully saturated rings. The van der Waals surface area contributed by atoms with Gasteiger partial charge >= 0.3 is 0 Å². The molecule has 0 saturated heterocycles. The zero-order valence-corrected chi connectivity index (χ0v) is 13.7. The number of unbranched alkanes of at least 4 members (excludes halogenated alkanes) is 3. The molecule has 0 radical (unpaired) electrons. The fourth-order valence-corrected chi connectivity index (χ4v) is 2.07. The van der Waals surface area contributed by atoms with Gasteiger partial charge in [-0.2, -0.15) is 0 Å². The Labute approximate surface area is 124 Å². The Bertz CT molecular complexity index is 368. The highest BCUT2D eigenvalue weighted by molar-refractivity contribution is 5.33. The lowest BCUT2D eigenvalue weighted by molar-refractivity contribution is 0.300. The van der Waals surface area contributed by atoms with Gasteiger partial charge in [-0.25, -0.2) is 0 Å². The molecule has 0 amide bonds. The molecule has 1 aromatic rings. The molecule has 0 heterocycles. The van der Waals surface area contributed by atoms with Gasteiger partial charge in [-0.1, -0.05) is 65.2 Å². The summed E-state index contributed by atoms with van der Waals surface area (Å²) in [5.74, 6) is 1.03. The molecule has 20 heavy (non-hydrogen) atoms. The number of hydrogen-bond acceptors (Lipinski definition) is 2. The quantitative estimate of drug-likeness (QED) is 0.656. The van der Waals surface area contributed by atoms with Crippen molar-refractivity contribution >= 4 is 0 Å². The van der Waals surface area contributed by atoms with E-state index in [4.69, 9.17) is 4.74 Å². The average Bonchev–Trinajstić information content (AvgIpc) is 2.39. The lowest BCUT2D eigenvalue weighted by atomic mass is 9.97. The molecule has 1 N–H and O–H groups in total. The van der Waals surface area contributed by atoms with Crippen molar-refractivity contribution in [2.45, 2.75) is 59.9 Å². The molecular formula is C18H31NO. The van der Waals surface area contributed by atoms with Crippen LogP contribution in [0.25, 0.3) is 0 Å². The topological polar surface area (TPSA) is 21.3 Å². The summed E-state index contributed by atoms with van der Waals surface area (Å²) in [6.07, 6.45) is 4.99. The maximum absolute atomic E-state index is 5.93. The second-order valence-corrected chi connectivity index (χ2v) is 6.68. The van der Waals surface area contributed by atoms with E-state index >= 15 is 0 Å². The number of nitrogens with one attached hydrogen (secondary N) is 1. The maximum Gasteiger partial charge on any atom is 0.123 e. The molecule has 0 saturated carbocycles. The minimum absolute atomic E-state index is 0.315. The van der Waals surface area contributed by atoms with Gasteiger partial charge in [0.2, 0.25) is 0 Å². The third kappa shape index (κ3) is 7.54. The fraction of sp³-hybridized carbons (Fsp3) is 0.667. The van der Waals surface area contributed by atoms with E-state index in [1.54, 1.807) is 0 Å². The van der Waals surface area contributed by atoms with Gasteiger partial charge in [0.25, 0.3) is 0 Å². The molecule has 2 heteroatoms. The normalized spacial score (nSPS) is 11.6. The van der Waals surface area contributed by atoms with Crippen LogP contribution in [0.5, 0.6) is 5.75 Å². The van der Waals surface area contributed by atoms with Gasteiger partial charge < -0.3 is 10.1 Å². The van der Waals surface area contributed by atoms with Gasteiger partial charge in [0, 0.05) is 18.7 Å². The number of rotatable bonds is 9. The molecule has 114 valence electrons. The third-order valence-electron chi connectivity index (χ3n) is 3.20. The first kappa shape index (κ1) is 17.0. The molecule has 0 aliphatic rings. The number of benzene rings is 1. The Morgan fingerprint density at radius 2 is 1.80 bits per heavy atom. The monoisotopic (exact) mass is 277 g/mol. The molecule has 0 aliphatic heterocycles. The van der Waals surface area contributed by atoms with Crippen LogP contribution in [0.15, 0.2) is 24.3 Å². The van der Waals surface area contributed by atoms with Crippen molar-refractivity contribution in [1.82, 2.24) is 5.32 Å². The minimum Gasteiger partial charge on any atom is -0.493 e. The summed E-state index contributed by atoms with van der Waals surface area (Å²) in [7, 11) is 0. The first-order valence-electron chi connectivity index (χ1n) is 7.94. The molecule has 1 aromatic carbocycles. The predicted molar refractivity (Wildman–Crippen MR) is 87.2 cm³/mol. The van der Waals surface area contributed by atoms with Crippen molar-refractivity contribution in [2.75, 3.05) is 13.2 Å². The second-order valence-electron chi connectivity index (χ2n) is 6.68. The summed E-state index contributed by atoms with van der Waals surface area (Å²) >= 11 is 0. The number of hydrogen-bond donors (Lipinski definition) is 1. The van der Waals surface area contributed by atoms with E-state index in [9.17, 15) is 0 Å². The van der Waals surface area contributed by atoms with Crippen molar-refractivity contribution in [3.8, 4) is 5.75 Å². The van der Waals surface area contributed by atoms with E-state index in [0.717, 1.165) is 31.9 Å². The Morgan fingerprint density at radius 1 is 1.05 bits per heavy atom. The molecule has 0 spiro atoms. The zero-order chi connectivity index (χ0) is 14.8. The average molecular weight is 277 g/mol. The van der Waals surface area contributed by atoms with Gasteiger partial charge in [0.05, 0.1) is 6.61 Å². The molecule has 0 bridgehead atoms. The van der Waals surface area contributed by atoms with Crippen LogP contribution in [0.1, 0.15) is 58.9 Å². The van der Waals surface area contributed by atoms with Gasteiger partial charge in [-0.3, -0.25) is 0 Å². The maximum atomic E-state index is 5.93. The summed E-state index contributed by atoms with van der Waals surface area (Å²) in [5, 5.41) is 3.51. The summed E-state index contributed by atoms with van der Waals surface area (Å²) in [4.78, 5) is 0. The Hall–Kier alpha value is -1.02. The lowest BCUT2D eigenvalue weighted by Gasteiger charge is -2.19. The van der Waals surface area contributed by atoms with Crippen LogP contribution in [0.4, 0.5) is 0 Å². The third-order valence-corrected chi connectivity index (χ3v) is 3.20.